The summed E-state index contributed by atoms with van der Waals surface area (Å²) in [7, 11) is 0. The number of oxazole rings is 1. The number of nitrogens with one attached hydrogen (secondary N) is 1. The molecule has 4 nitrogen and oxygen atoms in total. The Morgan fingerprint density at radius 2 is 1.88 bits per heavy atom. The molecule has 0 aliphatic heterocycles. The number of nitrogens with zero attached hydrogens (tertiary/aromatic N) is 1. The first-order valence-corrected chi connectivity index (χ1v) is 9.13. The van der Waals surface area contributed by atoms with Crippen molar-refractivity contribution in [3.63, 3.8) is 0 Å². The first kappa shape index (κ1) is 18.5. The largest absolute Gasteiger partial charge is 0.444 e. The number of unbranched alkanes of at least 4 members (excludes halogenated alkanes) is 1. The maximum atomic E-state index is 12.4. The monoisotopic (exact) mass is 388 g/mol. The summed E-state index contributed by atoms with van der Waals surface area (Å²) in [6, 6.07) is 12.9. The molecule has 0 atom stereocenters. The van der Waals surface area contributed by atoms with Gasteiger partial charge in [-0.25, -0.2) is 4.98 Å². The lowest BCUT2D eigenvalue weighted by atomic mass is 10.1. The van der Waals surface area contributed by atoms with E-state index >= 15 is 0 Å². The Hall–Kier alpha value is -2.30. The van der Waals surface area contributed by atoms with Gasteiger partial charge in [0.15, 0.2) is 5.69 Å². The molecule has 0 saturated heterocycles. The number of hydrogen-bond acceptors (Lipinski definition) is 3. The minimum Gasteiger partial charge on any atom is -0.444 e. The summed E-state index contributed by atoms with van der Waals surface area (Å²) >= 11 is 11.9. The van der Waals surface area contributed by atoms with Crippen molar-refractivity contribution < 1.29 is 9.21 Å². The zero-order valence-electron chi connectivity index (χ0n) is 14.3. The molecule has 1 amide bonds. The fourth-order valence-corrected chi connectivity index (χ4v) is 2.77. The quantitative estimate of drug-likeness (QED) is 0.543. The van der Waals surface area contributed by atoms with Gasteiger partial charge in [-0.05, 0) is 48.7 Å². The van der Waals surface area contributed by atoms with Crippen LogP contribution in [0.2, 0.25) is 10.0 Å². The summed E-state index contributed by atoms with van der Waals surface area (Å²) < 4.78 is 5.39. The number of aromatic nitrogens is 1. The molecule has 0 saturated carbocycles. The molecular weight excluding hydrogens is 371 g/mol. The minimum atomic E-state index is -0.332. The Labute approximate surface area is 162 Å². The van der Waals surface area contributed by atoms with Gasteiger partial charge in [-0.3, -0.25) is 4.79 Å². The predicted molar refractivity (Wildman–Crippen MR) is 105 cm³/mol. The summed E-state index contributed by atoms with van der Waals surface area (Å²) in [5.41, 5.74) is 2.82. The first-order valence-electron chi connectivity index (χ1n) is 8.38. The Morgan fingerprint density at radius 1 is 1.12 bits per heavy atom. The SMILES string of the molecule is CCCCc1ccc(NC(=O)c2coc(-c3ccc(Cl)c(Cl)c3)n2)cc1. The Bertz CT molecular complexity index is 904. The average Bonchev–Trinajstić information content (AvgIpc) is 3.14. The molecule has 0 unspecified atom stereocenters. The highest BCUT2D eigenvalue weighted by Crippen LogP contribution is 2.28. The highest BCUT2D eigenvalue weighted by atomic mass is 35.5. The number of carbonyl (C=O) groups excluding carboxylic acids is 1. The number of carbonyl (C=O) groups is 1. The van der Waals surface area contributed by atoms with E-state index in [1.807, 2.05) is 24.3 Å². The van der Waals surface area contributed by atoms with Gasteiger partial charge in [-0.2, -0.15) is 0 Å². The zero-order valence-corrected chi connectivity index (χ0v) is 15.8. The van der Waals surface area contributed by atoms with Crippen molar-refractivity contribution in [1.82, 2.24) is 4.98 Å². The van der Waals surface area contributed by atoms with Crippen molar-refractivity contribution in [2.75, 3.05) is 5.32 Å². The Morgan fingerprint density at radius 3 is 2.58 bits per heavy atom. The molecule has 2 aromatic carbocycles. The minimum absolute atomic E-state index is 0.195. The summed E-state index contributed by atoms with van der Waals surface area (Å²) in [4.78, 5) is 16.6. The van der Waals surface area contributed by atoms with Crippen LogP contribution in [0, 0.1) is 0 Å². The highest BCUT2D eigenvalue weighted by Gasteiger charge is 2.14. The summed E-state index contributed by atoms with van der Waals surface area (Å²) in [6.45, 7) is 2.17. The summed E-state index contributed by atoms with van der Waals surface area (Å²) in [6.07, 6.45) is 4.68. The molecule has 3 rings (SSSR count). The van der Waals surface area contributed by atoms with Gasteiger partial charge in [-0.1, -0.05) is 48.7 Å². The van der Waals surface area contributed by atoms with E-state index in [9.17, 15) is 4.79 Å². The number of benzene rings is 2. The van der Waals surface area contributed by atoms with Gasteiger partial charge >= 0.3 is 0 Å². The average molecular weight is 389 g/mol. The van der Waals surface area contributed by atoms with Crippen molar-refractivity contribution in [3.05, 3.63) is 70.0 Å². The lowest BCUT2D eigenvalue weighted by Gasteiger charge is -2.05. The predicted octanol–water partition coefficient (Wildman–Crippen LogP) is 6.24. The number of aryl methyl sites for hydroxylation is 1. The van der Waals surface area contributed by atoms with Gasteiger partial charge in [0.1, 0.15) is 6.26 Å². The molecule has 26 heavy (non-hydrogen) atoms. The second-order valence-corrected chi connectivity index (χ2v) is 6.74. The third-order valence-corrected chi connectivity index (χ3v) is 4.67. The van der Waals surface area contributed by atoms with Crippen LogP contribution in [0.25, 0.3) is 11.5 Å². The molecule has 1 heterocycles. The van der Waals surface area contributed by atoms with Crippen LogP contribution in [0.5, 0.6) is 0 Å². The van der Waals surface area contributed by atoms with E-state index in [1.165, 1.54) is 11.8 Å². The molecule has 134 valence electrons. The molecule has 0 bridgehead atoms. The third kappa shape index (κ3) is 4.45. The highest BCUT2D eigenvalue weighted by molar-refractivity contribution is 6.42. The van der Waals surface area contributed by atoms with Crippen molar-refractivity contribution in [2.45, 2.75) is 26.2 Å². The van der Waals surface area contributed by atoms with Crippen LogP contribution in [0.15, 0.2) is 53.1 Å². The van der Waals surface area contributed by atoms with Crippen LogP contribution < -0.4 is 5.32 Å². The number of rotatable bonds is 6. The van der Waals surface area contributed by atoms with Gasteiger partial charge in [0, 0.05) is 11.3 Å². The van der Waals surface area contributed by atoms with E-state index in [2.05, 4.69) is 17.2 Å². The number of amides is 1. The number of anilines is 1. The second-order valence-electron chi connectivity index (χ2n) is 5.92. The van der Waals surface area contributed by atoms with Gasteiger partial charge in [0.25, 0.3) is 5.91 Å². The van der Waals surface area contributed by atoms with Crippen molar-refractivity contribution >= 4 is 34.8 Å². The summed E-state index contributed by atoms with van der Waals surface area (Å²) in [5, 5.41) is 3.66. The molecule has 1 N–H and O–H groups in total. The lowest BCUT2D eigenvalue weighted by Crippen LogP contribution is -2.12. The Kier molecular flexibility index (Phi) is 5.96. The van der Waals surface area contributed by atoms with Crippen LogP contribution in [0.3, 0.4) is 0 Å². The molecule has 0 aliphatic carbocycles. The van der Waals surface area contributed by atoms with Crippen LogP contribution in [-0.2, 0) is 6.42 Å². The van der Waals surface area contributed by atoms with E-state index in [4.69, 9.17) is 27.6 Å². The van der Waals surface area contributed by atoms with Gasteiger partial charge in [-0.15, -0.1) is 0 Å². The smallest absolute Gasteiger partial charge is 0.277 e. The summed E-state index contributed by atoms with van der Waals surface area (Å²) in [5.74, 6) is -0.0231. The second kappa shape index (κ2) is 8.39. The van der Waals surface area contributed by atoms with E-state index in [-0.39, 0.29) is 11.6 Å². The van der Waals surface area contributed by atoms with Crippen LogP contribution in [-0.4, -0.2) is 10.9 Å². The normalized spacial score (nSPS) is 10.7. The van der Waals surface area contributed by atoms with E-state index in [1.54, 1.807) is 18.2 Å². The molecule has 1 aromatic heterocycles. The van der Waals surface area contributed by atoms with Crippen LogP contribution in [0.4, 0.5) is 5.69 Å². The lowest BCUT2D eigenvalue weighted by molar-refractivity contribution is 0.102. The third-order valence-electron chi connectivity index (χ3n) is 3.93. The van der Waals surface area contributed by atoms with E-state index in [0.717, 1.165) is 19.3 Å². The first-order chi connectivity index (χ1) is 12.6. The number of halogens is 2. The molecule has 0 spiro atoms. The Balaban J connectivity index is 1.69. The molecule has 6 heteroatoms. The van der Waals surface area contributed by atoms with Gasteiger partial charge in [0.05, 0.1) is 10.0 Å². The fourth-order valence-electron chi connectivity index (χ4n) is 2.47. The van der Waals surface area contributed by atoms with Crippen LogP contribution >= 0.6 is 23.2 Å². The molecule has 0 radical (unpaired) electrons. The fraction of sp³-hybridized carbons (Fsp3) is 0.200. The maximum Gasteiger partial charge on any atom is 0.277 e. The van der Waals surface area contributed by atoms with Crippen molar-refractivity contribution in [1.29, 1.82) is 0 Å². The van der Waals surface area contributed by atoms with Crippen molar-refractivity contribution in [2.24, 2.45) is 0 Å². The zero-order chi connectivity index (χ0) is 18.5. The molecule has 0 aliphatic rings. The topological polar surface area (TPSA) is 55.1 Å². The van der Waals surface area contributed by atoms with Gasteiger partial charge in [0.2, 0.25) is 5.89 Å². The van der Waals surface area contributed by atoms with Crippen molar-refractivity contribution in [3.8, 4) is 11.5 Å². The van der Waals surface area contributed by atoms with E-state index in [0.29, 0.717) is 27.2 Å². The maximum absolute atomic E-state index is 12.4. The molecular formula is C20H18Cl2N2O2. The van der Waals surface area contributed by atoms with E-state index < -0.39 is 0 Å². The number of hydrogen-bond donors (Lipinski definition) is 1. The van der Waals surface area contributed by atoms with Crippen LogP contribution in [0.1, 0.15) is 35.8 Å². The molecule has 0 fully saturated rings. The molecule has 3 aromatic rings. The van der Waals surface area contributed by atoms with Gasteiger partial charge < -0.3 is 9.73 Å². The standard InChI is InChI=1S/C20H18Cl2N2O2/c1-2-3-4-13-5-8-15(9-6-13)23-19(25)18-12-26-20(24-18)14-7-10-16(21)17(22)11-14/h5-12H,2-4H2,1H3,(H,23,25).